The molecule has 64 valence electrons. The van der Waals surface area contributed by atoms with E-state index in [4.69, 9.17) is 5.73 Å². The Morgan fingerprint density at radius 3 is 3.08 bits per heavy atom. The maximum absolute atomic E-state index is 5.49. The molecule has 0 spiro atoms. The molecule has 1 aromatic heterocycles. The predicted molar refractivity (Wildman–Crippen MR) is 48.4 cm³/mol. The van der Waals surface area contributed by atoms with Gasteiger partial charge in [-0.25, -0.2) is 4.98 Å². The first-order chi connectivity index (χ1) is 5.74. The van der Waals surface area contributed by atoms with Gasteiger partial charge in [-0.2, -0.15) is 0 Å². The van der Waals surface area contributed by atoms with Gasteiger partial charge in [0, 0.05) is 18.9 Å². The largest absolute Gasteiger partial charge is 0.325 e. The lowest BCUT2D eigenvalue weighted by Crippen LogP contribution is -2.11. The third-order valence-corrected chi connectivity index (χ3v) is 1.47. The summed E-state index contributed by atoms with van der Waals surface area (Å²) in [5.74, 6) is 6.57. The molecule has 1 heterocycles. The van der Waals surface area contributed by atoms with Crippen LogP contribution in [0.1, 0.15) is 19.7 Å². The lowest BCUT2D eigenvalue weighted by molar-refractivity contribution is 0.749. The summed E-state index contributed by atoms with van der Waals surface area (Å²) in [4.78, 5) is 4.09. The zero-order valence-electron chi connectivity index (χ0n) is 7.41. The van der Waals surface area contributed by atoms with Gasteiger partial charge in [0.15, 0.2) is 5.82 Å². The van der Waals surface area contributed by atoms with Crippen LogP contribution in [-0.2, 0) is 6.54 Å². The van der Waals surface area contributed by atoms with Crippen LogP contribution in [0.2, 0.25) is 0 Å². The van der Waals surface area contributed by atoms with Crippen molar-refractivity contribution in [3.8, 4) is 11.8 Å². The zero-order chi connectivity index (χ0) is 8.97. The van der Waals surface area contributed by atoms with E-state index in [1.807, 2.05) is 17.7 Å². The summed E-state index contributed by atoms with van der Waals surface area (Å²) in [5, 5.41) is 0. The number of rotatable bonds is 1. The fraction of sp³-hybridized carbons (Fsp3) is 0.444. The van der Waals surface area contributed by atoms with E-state index in [0.717, 1.165) is 12.4 Å². The summed E-state index contributed by atoms with van der Waals surface area (Å²) in [5.41, 5.74) is 5.49. The minimum Gasteiger partial charge on any atom is -0.325 e. The molecule has 1 aromatic rings. The topological polar surface area (TPSA) is 43.8 Å². The van der Waals surface area contributed by atoms with Crippen LogP contribution >= 0.6 is 0 Å². The predicted octanol–water partition coefficient (Wildman–Crippen LogP) is 0.602. The molecule has 2 N–H and O–H groups in total. The van der Waals surface area contributed by atoms with Crippen LogP contribution in [0, 0.1) is 11.8 Å². The van der Waals surface area contributed by atoms with Gasteiger partial charge < -0.3 is 10.3 Å². The Balaban J connectivity index is 2.83. The molecule has 0 aliphatic carbocycles. The maximum Gasteiger partial charge on any atom is 0.185 e. The second-order valence-corrected chi connectivity index (χ2v) is 2.59. The van der Waals surface area contributed by atoms with Gasteiger partial charge in [0.25, 0.3) is 0 Å². The first-order valence-corrected chi connectivity index (χ1v) is 4.02. The molecule has 3 nitrogen and oxygen atoms in total. The molecular formula is C9H13N3. The molecule has 0 aliphatic rings. The third kappa shape index (κ3) is 2.11. The minimum atomic E-state index is -0.0907. The summed E-state index contributed by atoms with van der Waals surface area (Å²) in [6, 6.07) is -0.0907. The number of hydrogen-bond acceptors (Lipinski definition) is 2. The SMILES string of the molecule is CCn1ccnc1C#CC(C)N. The van der Waals surface area contributed by atoms with E-state index >= 15 is 0 Å². The molecule has 0 amide bonds. The fourth-order valence-electron chi connectivity index (χ4n) is 0.867. The van der Waals surface area contributed by atoms with Crippen molar-refractivity contribution in [1.29, 1.82) is 0 Å². The standard InChI is InChI=1S/C9H13N3/c1-3-12-7-6-11-9(12)5-4-8(2)10/h6-8H,3,10H2,1-2H3. The molecule has 3 heteroatoms. The number of nitrogens with two attached hydrogens (primary N) is 1. The normalized spacial score (nSPS) is 11.9. The first kappa shape index (κ1) is 8.82. The van der Waals surface area contributed by atoms with Crippen molar-refractivity contribution < 1.29 is 0 Å². The average Bonchev–Trinajstić information content (AvgIpc) is 2.47. The van der Waals surface area contributed by atoms with Crippen molar-refractivity contribution >= 4 is 0 Å². The van der Waals surface area contributed by atoms with Crippen LogP contribution in [0.4, 0.5) is 0 Å². The maximum atomic E-state index is 5.49. The summed E-state index contributed by atoms with van der Waals surface area (Å²) in [7, 11) is 0. The molecule has 1 atom stereocenters. The van der Waals surface area contributed by atoms with Gasteiger partial charge in [0.05, 0.1) is 6.04 Å². The molecule has 1 unspecified atom stereocenters. The molecule has 12 heavy (non-hydrogen) atoms. The molecule has 1 rings (SSSR count). The van der Waals surface area contributed by atoms with E-state index in [2.05, 4.69) is 23.7 Å². The van der Waals surface area contributed by atoms with Crippen molar-refractivity contribution in [1.82, 2.24) is 9.55 Å². The lowest BCUT2D eigenvalue weighted by Gasteiger charge is -1.96. The molecule has 0 bridgehead atoms. The van der Waals surface area contributed by atoms with E-state index in [9.17, 15) is 0 Å². The van der Waals surface area contributed by atoms with Crippen LogP contribution in [0.25, 0.3) is 0 Å². The van der Waals surface area contributed by atoms with E-state index in [-0.39, 0.29) is 6.04 Å². The smallest absolute Gasteiger partial charge is 0.185 e. The van der Waals surface area contributed by atoms with Crippen LogP contribution in [-0.4, -0.2) is 15.6 Å². The Labute approximate surface area is 72.6 Å². The molecular weight excluding hydrogens is 150 g/mol. The lowest BCUT2D eigenvalue weighted by atomic mass is 10.3. The molecule has 0 saturated heterocycles. The number of imidazole rings is 1. The summed E-state index contributed by atoms with van der Waals surface area (Å²) in [6.45, 7) is 4.80. The Hall–Kier alpha value is -1.27. The fourth-order valence-corrected chi connectivity index (χ4v) is 0.867. The summed E-state index contributed by atoms with van der Waals surface area (Å²) in [6.07, 6.45) is 3.65. The van der Waals surface area contributed by atoms with Gasteiger partial charge in [0.2, 0.25) is 0 Å². The summed E-state index contributed by atoms with van der Waals surface area (Å²) < 4.78 is 1.98. The van der Waals surface area contributed by atoms with Gasteiger partial charge in [-0.05, 0) is 19.8 Å². The number of nitrogens with zero attached hydrogens (tertiary/aromatic N) is 2. The number of aromatic nitrogens is 2. The summed E-state index contributed by atoms with van der Waals surface area (Å²) >= 11 is 0. The second-order valence-electron chi connectivity index (χ2n) is 2.59. The van der Waals surface area contributed by atoms with Crippen molar-refractivity contribution in [2.45, 2.75) is 26.4 Å². The average molecular weight is 163 g/mol. The van der Waals surface area contributed by atoms with E-state index < -0.39 is 0 Å². The van der Waals surface area contributed by atoms with Gasteiger partial charge >= 0.3 is 0 Å². The van der Waals surface area contributed by atoms with Crippen molar-refractivity contribution in [3.05, 3.63) is 18.2 Å². The second kappa shape index (κ2) is 3.93. The monoisotopic (exact) mass is 163 g/mol. The quantitative estimate of drug-likeness (QED) is 0.616. The van der Waals surface area contributed by atoms with Gasteiger partial charge in [-0.3, -0.25) is 0 Å². The Morgan fingerprint density at radius 1 is 1.75 bits per heavy atom. The molecule has 0 saturated carbocycles. The highest BCUT2D eigenvalue weighted by molar-refractivity contribution is 5.23. The van der Waals surface area contributed by atoms with E-state index in [1.54, 1.807) is 6.20 Å². The van der Waals surface area contributed by atoms with Crippen molar-refractivity contribution in [2.75, 3.05) is 0 Å². The van der Waals surface area contributed by atoms with Crippen molar-refractivity contribution in [3.63, 3.8) is 0 Å². The third-order valence-electron chi connectivity index (χ3n) is 1.47. The highest BCUT2D eigenvalue weighted by atomic mass is 15.0. The van der Waals surface area contributed by atoms with Gasteiger partial charge in [0.1, 0.15) is 0 Å². The molecule has 0 fully saturated rings. The molecule has 0 aromatic carbocycles. The van der Waals surface area contributed by atoms with Crippen LogP contribution in [0.3, 0.4) is 0 Å². The molecule has 0 radical (unpaired) electrons. The van der Waals surface area contributed by atoms with Gasteiger partial charge in [-0.1, -0.05) is 5.92 Å². The highest BCUT2D eigenvalue weighted by Gasteiger charge is 1.94. The minimum absolute atomic E-state index is 0.0907. The Kier molecular flexibility index (Phi) is 2.89. The highest BCUT2D eigenvalue weighted by Crippen LogP contribution is 1.94. The van der Waals surface area contributed by atoms with Crippen LogP contribution in [0.5, 0.6) is 0 Å². The van der Waals surface area contributed by atoms with Gasteiger partial charge in [-0.15, -0.1) is 0 Å². The van der Waals surface area contributed by atoms with Crippen LogP contribution in [0.15, 0.2) is 12.4 Å². The Bertz CT molecular complexity index is 301. The van der Waals surface area contributed by atoms with E-state index in [1.165, 1.54) is 0 Å². The zero-order valence-corrected chi connectivity index (χ0v) is 7.41. The van der Waals surface area contributed by atoms with Crippen molar-refractivity contribution in [2.24, 2.45) is 5.73 Å². The first-order valence-electron chi connectivity index (χ1n) is 4.02. The number of hydrogen-bond donors (Lipinski definition) is 1. The molecule has 0 aliphatic heterocycles. The van der Waals surface area contributed by atoms with Crippen LogP contribution < -0.4 is 5.73 Å². The van der Waals surface area contributed by atoms with E-state index in [0.29, 0.717) is 0 Å². The Morgan fingerprint density at radius 2 is 2.50 bits per heavy atom. The number of aryl methyl sites for hydroxylation is 1.